The SMILES string of the molecule is O=C(Nc1c(Cl)cc(F)cc1Br)C1CC1. The van der Waals surface area contributed by atoms with Crippen LogP contribution in [-0.4, -0.2) is 5.91 Å². The summed E-state index contributed by atoms with van der Waals surface area (Å²) in [5.74, 6) is -0.390. The molecule has 2 nitrogen and oxygen atoms in total. The molecular formula is C10H8BrClFNO. The molecule has 1 aromatic rings. The van der Waals surface area contributed by atoms with Crippen LogP contribution in [0.2, 0.25) is 5.02 Å². The summed E-state index contributed by atoms with van der Waals surface area (Å²) in [6, 6.07) is 2.45. The largest absolute Gasteiger partial charge is 0.324 e. The topological polar surface area (TPSA) is 29.1 Å². The van der Waals surface area contributed by atoms with E-state index < -0.39 is 5.82 Å². The lowest BCUT2D eigenvalue weighted by molar-refractivity contribution is -0.117. The third kappa shape index (κ3) is 2.49. The second-order valence-corrected chi connectivity index (χ2v) is 4.77. The van der Waals surface area contributed by atoms with Gasteiger partial charge in [0.1, 0.15) is 5.82 Å². The van der Waals surface area contributed by atoms with Crippen molar-refractivity contribution in [2.24, 2.45) is 5.92 Å². The standard InChI is InChI=1S/C10H8BrClFNO/c11-7-3-6(13)4-8(12)9(7)14-10(15)5-1-2-5/h3-5H,1-2H2,(H,14,15). The number of hydrogen-bond acceptors (Lipinski definition) is 1. The van der Waals surface area contributed by atoms with Crippen LogP contribution < -0.4 is 5.32 Å². The molecule has 15 heavy (non-hydrogen) atoms. The normalized spacial score (nSPS) is 15.1. The highest BCUT2D eigenvalue weighted by molar-refractivity contribution is 9.10. The number of carbonyl (C=O) groups is 1. The number of hydrogen-bond donors (Lipinski definition) is 1. The minimum Gasteiger partial charge on any atom is -0.324 e. The molecule has 0 saturated heterocycles. The van der Waals surface area contributed by atoms with E-state index in [1.807, 2.05) is 0 Å². The van der Waals surface area contributed by atoms with Crippen LogP contribution in [0.5, 0.6) is 0 Å². The van der Waals surface area contributed by atoms with Crippen molar-refractivity contribution >= 4 is 39.1 Å². The van der Waals surface area contributed by atoms with E-state index in [2.05, 4.69) is 21.2 Å². The third-order valence-corrected chi connectivity index (χ3v) is 3.13. The van der Waals surface area contributed by atoms with Crippen molar-refractivity contribution in [2.75, 3.05) is 5.32 Å². The average Bonchev–Trinajstić information content (AvgIpc) is 2.93. The number of amides is 1. The van der Waals surface area contributed by atoms with Crippen molar-refractivity contribution in [3.63, 3.8) is 0 Å². The fourth-order valence-corrected chi connectivity index (χ4v) is 2.13. The van der Waals surface area contributed by atoms with Gasteiger partial charge in [-0.15, -0.1) is 0 Å². The maximum Gasteiger partial charge on any atom is 0.227 e. The molecule has 0 aliphatic heterocycles. The lowest BCUT2D eigenvalue weighted by atomic mass is 10.3. The van der Waals surface area contributed by atoms with Crippen LogP contribution in [0.4, 0.5) is 10.1 Å². The minimum absolute atomic E-state index is 0.0517. The van der Waals surface area contributed by atoms with Gasteiger partial charge in [0.05, 0.1) is 10.7 Å². The summed E-state index contributed by atoms with van der Waals surface area (Å²) in [7, 11) is 0. The summed E-state index contributed by atoms with van der Waals surface area (Å²) in [6.07, 6.45) is 1.84. The summed E-state index contributed by atoms with van der Waals surface area (Å²) in [6.45, 7) is 0. The molecule has 1 aromatic carbocycles. The fraction of sp³-hybridized carbons (Fsp3) is 0.300. The van der Waals surface area contributed by atoms with E-state index in [1.54, 1.807) is 0 Å². The predicted molar refractivity (Wildman–Crippen MR) is 60.5 cm³/mol. The molecule has 1 saturated carbocycles. The smallest absolute Gasteiger partial charge is 0.227 e. The lowest BCUT2D eigenvalue weighted by Gasteiger charge is -2.08. The molecule has 1 amide bonds. The quantitative estimate of drug-likeness (QED) is 0.887. The first-order chi connectivity index (χ1) is 7.08. The summed E-state index contributed by atoms with van der Waals surface area (Å²) in [5, 5.41) is 2.89. The first-order valence-electron chi connectivity index (χ1n) is 4.53. The Hall–Kier alpha value is -0.610. The van der Waals surface area contributed by atoms with E-state index >= 15 is 0 Å². The van der Waals surface area contributed by atoms with Gasteiger partial charge < -0.3 is 5.32 Å². The third-order valence-electron chi connectivity index (χ3n) is 2.20. The summed E-state index contributed by atoms with van der Waals surface area (Å²) in [4.78, 5) is 11.5. The van der Waals surface area contributed by atoms with Gasteiger partial charge in [0, 0.05) is 10.4 Å². The molecule has 80 valence electrons. The number of carbonyl (C=O) groups excluding carboxylic acids is 1. The van der Waals surface area contributed by atoms with E-state index in [-0.39, 0.29) is 16.8 Å². The number of rotatable bonds is 2. The van der Waals surface area contributed by atoms with Gasteiger partial charge in [-0.05, 0) is 40.9 Å². The molecule has 5 heteroatoms. The minimum atomic E-state index is -0.434. The molecule has 0 atom stereocenters. The highest BCUT2D eigenvalue weighted by Gasteiger charge is 2.30. The molecule has 1 fully saturated rings. The predicted octanol–water partition coefficient (Wildman–Crippen LogP) is 3.59. The summed E-state index contributed by atoms with van der Waals surface area (Å²) < 4.78 is 13.3. The van der Waals surface area contributed by atoms with Crippen LogP contribution in [0.15, 0.2) is 16.6 Å². The van der Waals surface area contributed by atoms with Crippen LogP contribution in [0, 0.1) is 11.7 Å². The Bertz CT molecular complexity index is 397. The van der Waals surface area contributed by atoms with Gasteiger partial charge in [-0.25, -0.2) is 4.39 Å². The Morgan fingerprint density at radius 3 is 2.73 bits per heavy atom. The van der Waals surface area contributed by atoms with Crippen molar-refractivity contribution < 1.29 is 9.18 Å². The van der Waals surface area contributed by atoms with Crippen molar-refractivity contribution in [3.05, 3.63) is 27.4 Å². The van der Waals surface area contributed by atoms with Crippen LogP contribution in [0.3, 0.4) is 0 Å². The zero-order chi connectivity index (χ0) is 11.0. The Morgan fingerprint density at radius 2 is 2.20 bits per heavy atom. The number of benzene rings is 1. The van der Waals surface area contributed by atoms with Gasteiger partial charge in [-0.1, -0.05) is 11.6 Å². The van der Waals surface area contributed by atoms with Gasteiger partial charge >= 0.3 is 0 Å². The van der Waals surface area contributed by atoms with E-state index in [0.717, 1.165) is 12.8 Å². The van der Waals surface area contributed by atoms with Crippen molar-refractivity contribution in [1.29, 1.82) is 0 Å². The molecule has 0 spiro atoms. The zero-order valence-corrected chi connectivity index (χ0v) is 10.0. The number of nitrogens with one attached hydrogen (secondary N) is 1. The fourth-order valence-electron chi connectivity index (χ4n) is 1.23. The second kappa shape index (κ2) is 4.10. The lowest BCUT2D eigenvalue weighted by Crippen LogP contribution is -2.14. The molecule has 2 rings (SSSR count). The highest BCUT2D eigenvalue weighted by Crippen LogP contribution is 2.35. The van der Waals surface area contributed by atoms with E-state index in [9.17, 15) is 9.18 Å². The van der Waals surface area contributed by atoms with E-state index in [4.69, 9.17) is 11.6 Å². The van der Waals surface area contributed by atoms with Crippen molar-refractivity contribution in [1.82, 2.24) is 0 Å². The Balaban J connectivity index is 2.23. The zero-order valence-electron chi connectivity index (χ0n) is 7.69. The molecule has 0 heterocycles. The monoisotopic (exact) mass is 291 g/mol. The molecule has 0 aromatic heterocycles. The van der Waals surface area contributed by atoms with E-state index in [1.165, 1.54) is 12.1 Å². The second-order valence-electron chi connectivity index (χ2n) is 3.51. The van der Waals surface area contributed by atoms with Crippen molar-refractivity contribution in [3.8, 4) is 0 Å². The summed E-state index contributed by atoms with van der Waals surface area (Å²) in [5.41, 5.74) is 0.440. The first kappa shape index (κ1) is 10.9. The molecule has 0 radical (unpaired) electrons. The van der Waals surface area contributed by atoms with Gasteiger partial charge in [-0.3, -0.25) is 4.79 Å². The van der Waals surface area contributed by atoms with Gasteiger partial charge in [-0.2, -0.15) is 0 Å². The average molecular weight is 293 g/mol. The summed E-state index contributed by atoms with van der Waals surface area (Å²) >= 11 is 8.98. The molecule has 1 aliphatic rings. The Kier molecular flexibility index (Phi) is 2.98. The Labute approximate surface area is 99.9 Å². The molecule has 1 aliphatic carbocycles. The van der Waals surface area contributed by atoms with Crippen molar-refractivity contribution in [2.45, 2.75) is 12.8 Å². The van der Waals surface area contributed by atoms with Gasteiger partial charge in [0.2, 0.25) is 5.91 Å². The maximum atomic E-state index is 12.9. The Morgan fingerprint density at radius 1 is 1.53 bits per heavy atom. The number of halogens is 3. The first-order valence-corrected chi connectivity index (χ1v) is 5.70. The molecular weight excluding hydrogens is 284 g/mol. The van der Waals surface area contributed by atoms with E-state index in [0.29, 0.717) is 10.2 Å². The van der Waals surface area contributed by atoms with Crippen LogP contribution >= 0.6 is 27.5 Å². The van der Waals surface area contributed by atoms with Crippen LogP contribution in [0.25, 0.3) is 0 Å². The van der Waals surface area contributed by atoms with Gasteiger partial charge in [0.15, 0.2) is 0 Å². The van der Waals surface area contributed by atoms with Crippen LogP contribution in [-0.2, 0) is 4.79 Å². The molecule has 0 unspecified atom stereocenters. The molecule has 0 bridgehead atoms. The maximum absolute atomic E-state index is 12.9. The number of anilines is 1. The molecule has 1 N–H and O–H groups in total. The highest BCUT2D eigenvalue weighted by atomic mass is 79.9. The van der Waals surface area contributed by atoms with Gasteiger partial charge in [0.25, 0.3) is 0 Å². The van der Waals surface area contributed by atoms with Crippen LogP contribution in [0.1, 0.15) is 12.8 Å².